The quantitative estimate of drug-likeness (QED) is 0.676. The Morgan fingerprint density at radius 3 is 2.61 bits per heavy atom. The molecular weight excluding hydrogens is 366 g/mol. The first-order valence-electron chi connectivity index (χ1n) is 10.2. The minimum atomic E-state index is 0.477. The molecule has 1 aromatic carbocycles. The number of rotatable bonds is 3. The van der Waals surface area contributed by atoms with Crippen molar-refractivity contribution in [3.05, 3.63) is 57.3 Å². The minimum Gasteiger partial charge on any atom is -0.341 e. The molecule has 0 amide bonds. The van der Waals surface area contributed by atoms with Crippen molar-refractivity contribution in [3.63, 3.8) is 0 Å². The number of piperidine rings is 1. The normalized spacial score (nSPS) is 18.4. The average molecular weight is 394 g/mol. The highest BCUT2D eigenvalue weighted by molar-refractivity contribution is 7.09. The van der Waals surface area contributed by atoms with Gasteiger partial charge in [0.15, 0.2) is 0 Å². The number of benzene rings is 1. The molecule has 0 bridgehead atoms. The Kier molecular flexibility index (Phi) is 4.46. The third-order valence-electron chi connectivity index (χ3n) is 6.63. The van der Waals surface area contributed by atoms with Crippen LogP contribution in [-0.4, -0.2) is 32.8 Å². The largest absolute Gasteiger partial charge is 0.341 e. The van der Waals surface area contributed by atoms with E-state index in [0.29, 0.717) is 5.41 Å². The molecule has 1 spiro atoms. The lowest BCUT2D eigenvalue weighted by atomic mass is 9.66. The first-order valence-corrected chi connectivity index (χ1v) is 11.1. The molecule has 0 unspecified atom stereocenters. The zero-order valence-electron chi connectivity index (χ0n) is 16.7. The fourth-order valence-electron chi connectivity index (χ4n) is 4.87. The monoisotopic (exact) mass is 393 g/mol. The smallest absolute Gasteiger partial charge is 0.226 e. The summed E-state index contributed by atoms with van der Waals surface area (Å²) in [4.78, 5) is 6.99. The topological polar surface area (TPSA) is 46.8 Å². The van der Waals surface area contributed by atoms with Gasteiger partial charge in [-0.05, 0) is 55.6 Å². The van der Waals surface area contributed by atoms with Crippen LogP contribution in [0, 0.1) is 12.3 Å². The van der Waals surface area contributed by atoms with Crippen molar-refractivity contribution in [2.75, 3.05) is 18.0 Å². The molecule has 5 rings (SSSR count). The number of anilines is 1. The van der Waals surface area contributed by atoms with Gasteiger partial charge in [0.25, 0.3) is 0 Å². The summed E-state index contributed by atoms with van der Waals surface area (Å²) in [6.07, 6.45) is 7.05. The molecule has 3 heterocycles. The first-order chi connectivity index (χ1) is 13.6. The molecule has 6 heteroatoms. The molecule has 0 saturated carbocycles. The van der Waals surface area contributed by atoms with Gasteiger partial charge in [-0.15, -0.1) is 21.5 Å². The van der Waals surface area contributed by atoms with Crippen molar-refractivity contribution < 1.29 is 0 Å². The van der Waals surface area contributed by atoms with Crippen molar-refractivity contribution in [2.45, 2.75) is 45.4 Å². The molecule has 28 heavy (non-hydrogen) atoms. The number of hydrogen-bond donors (Lipinski definition) is 0. The molecule has 146 valence electrons. The summed E-state index contributed by atoms with van der Waals surface area (Å²) in [6, 6.07) is 9.01. The summed E-state index contributed by atoms with van der Waals surface area (Å²) in [5.74, 6) is 2.01. The van der Waals surface area contributed by atoms with Crippen molar-refractivity contribution in [3.8, 4) is 0 Å². The highest BCUT2D eigenvalue weighted by Gasteiger charge is 2.38. The van der Waals surface area contributed by atoms with Crippen molar-refractivity contribution in [1.29, 1.82) is 0 Å². The fourth-order valence-corrected chi connectivity index (χ4v) is 5.64. The lowest BCUT2D eigenvalue weighted by Gasteiger charge is -2.45. The second kappa shape index (κ2) is 6.99. The number of aromatic nitrogens is 4. The van der Waals surface area contributed by atoms with Crippen LogP contribution in [0.2, 0.25) is 0 Å². The number of aryl methyl sites for hydroxylation is 2. The zero-order valence-corrected chi connectivity index (χ0v) is 17.5. The third-order valence-corrected chi connectivity index (χ3v) is 7.60. The predicted octanol–water partition coefficient (Wildman–Crippen LogP) is 3.95. The molecule has 2 aliphatic rings. The molecule has 1 aliphatic heterocycles. The SMILES string of the molecule is Cc1csc(Cc2nnc(N3CCC4(CCc5ccccc5C4)CC3)n2C)n1. The van der Waals surface area contributed by atoms with E-state index in [4.69, 9.17) is 0 Å². The Balaban J connectivity index is 1.27. The summed E-state index contributed by atoms with van der Waals surface area (Å²) in [6.45, 7) is 4.18. The van der Waals surface area contributed by atoms with Gasteiger partial charge in [0, 0.05) is 31.2 Å². The Bertz CT molecular complexity index is 980. The summed E-state index contributed by atoms with van der Waals surface area (Å²) in [5, 5.41) is 12.2. The summed E-state index contributed by atoms with van der Waals surface area (Å²) in [5.41, 5.74) is 4.69. The molecular formula is C22H27N5S. The number of nitrogens with zero attached hydrogens (tertiary/aromatic N) is 5. The third kappa shape index (κ3) is 3.24. The molecule has 0 N–H and O–H groups in total. The molecule has 0 radical (unpaired) electrons. The minimum absolute atomic E-state index is 0.477. The Morgan fingerprint density at radius 1 is 1.07 bits per heavy atom. The molecule has 1 saturated heterocycles. The maximum Gasteiger partial charge on any atom is 0.226 e. The van der Waals surface area contributed by atoms with E-state index in [-0.39, 0.29) is 0 Å². The van der Waals surface area contributed by atoms with E-state index < -0.39 is 0 Å². The highest BCUT2D eigenvalue weighted by atomic mass is 32.1. The van der Waals surface area contributed by atoms with E-state index in [0.717, 1.165) is 42.0 Å². The lowest BCUT2D eigenvalue weighted by molar-refractivity contribution is 0.186. The second-order valence-corrected chi connectivity index (χ2v) is 9.41. The van der Waals surface area contributed by atoms with Crippen LogP contribution in [0.1, 0.15) is 46.9 Å². The van der Waals surface area contributed by atoms with Crippen LogP contribution in [0.15, 0.2) is 29.6 Å². The van der Waals surface area contributed by atoms with Gasteiger partial charge in [-0.3, -0.25) is 0 Å². The van der Waals surface area contributed by atoms with Gasteiger partial charge < -0.3 is 9.47 Å². The van der Waals surface area contributed by atoms with E-state index in [1.165, 1.54) is 32.1 Å². The average Bonchev–Trinajstić information content (AvgIpc) is 3.28. The Morgan fingerprint density at radius 2 is 1.86 bits per heavy atom. The summed E-state index contributed by atoms with van der Waals surface area (Å²) < 4.78 is 2.16. The van der Waals surface area contributed by atoms with E-state index in [2.05, 4.69) is 61.3 Å². The molecule has 0 atom stereocenters. The maximum absolute atomic E-state index is 4.57. The summed E-state index contributed by atoms with van der Waals surface area (Å²) >= 11 is 1.70. The lowest BCUT2D eigenvalue weighted by Crippen LogP contribution is -2.43. The van der Waals surface area contributed by atoms with Gasteiger partial charge in [0.1, 0.15) is 10.8 Å². The van der Waals surface area contributed by atoms with Crippen LogP contribution >= 0.6 is 11.3 Å². The van der Waals surface area contributed by atoms with E-state index in [1.807, 2.05) is 6.92 Å². The Labute approximate surface area is 170 Å². The highest BCUT2D eigenvalue weighted by Crippen LogP contribution is 2.44. The van der Waals surface area contributed by atoms with Crippen molar-refractivity contribution in [1.82, 2.24) is 19.7 Å². The standard InChI is InChI=1S/C22H27N5S/c1-16-15-28-20(23-16)13-19-24-25-21(26(19)2)27-11-9-22(10-12-27)8-7-17-5-3-4-6-18(17)14-22/h3-6,15H,7-14H2,1-2H3. The van der Waals surface area contributed by atoms with Crippen LogP contribution in [0.5, 0.6) is 0 Å². The Hall–Kier alpha value is -2.21. The fraction of sp³-hybridized carbons (Fsp3) is 0.500. The van der Waals surface area contributed by atoms with Crippen LogP contribution < -0.4 is 4.90 Å². The first kappa shape index (κ1) is 17.9. The number of thiazole rings is 1. The van der Waals surface area contributed by atoms with Gasteiger partial charge in [0.2, 0.25) is 5.95 Å². The van der Waals surface area contributed by atoms with Gasteiger partial charge in [-0.25, -0.2) is 4.98 Å². The molecule has 1 fully saturated rings. The molecule has 1 aliphatic carbocycles. The van der Waals surface area contributed by atoms with Crippen LogP contribution in [0.3, 0.4) is 0 Å². The van der Waals surface area contributed by atoms with E-state index in [1.54, 1.807) is 22.5 Å². The van der Waals surface area contributed by atoms with E-state index >= 15 is 0 Å². The molecule has 3 aromatic rings. The van der Waals surface area contributed by atoms with Gasteiger partial charge >= 0.3 is 0 Å². The molecule has 5 nitrogen and oxygen atoms in total. The predicted molar refractivity (Wildman–Crippen MR) is 113 cm³/mol. The number of hydrogen-bond acceptors (Lipinski definition) is 5. The summed E-state index contributed by atoms with van der Waals surface area (Å²) in [7, 11) is 2.09. The van der Waals surface area contributed by atoms with Crippen molar-refractivity contribution >= 4 is 17.3 Å². The van der Waals surface area contributed by atoms with Gasteiger partial charge in [0.05, 0.1) is 6.42 Å². The van der Waals surface area contributed by atoms with Crippen molar-refractivity contribution in [2.24, 2.45) is 12.5 Å². The number of fused-ring (bicyclic) bond motifs is 1. The van der Waals surface area contributed by atoms with Crippen LogP contribution in [0.4, 0.5) is 5.95 Å². The van der Waals surface area contributed by atoms with E-state index in [9.17, 15) is 0 Å². The van der Waals surface area contributed by atoms with Gasteiger partial charge in [-0.2, -0.15) is 0 Å². The maximum atomic E-state index is 4.57. The van der Waals surface area contributed by atoms with Crippen LogP contribution in [-0.2, 0) is 26.3 Å². The second-order valence-electron chi connectivity index (χ2n) is 8.47. The zero-order chi connectivity index (χ0) is 19.1. The van der Waals surface area contributed by atoms with Gasteiger partial charge in [-0.1, -0.05) is 24.3 Å². The van der Waals surface area contributed by atoms with Crippen LogP contribution in [0.25, 0.3) is 0 Å². The molecule has 2 aromatic heterocycles.